The van der Waals surface area contributed by atoms with Gasteiger partial charge in [-0.25, -0.2) is 0 Å². The quantitative estimate of drug-likeness (QED) is 0.121. The van der Waals surface area contributed by atoms with Crippen molar-refractivity contribution in [3.8, 4) is 22.3 Å². The monoisotopic (exact) mass is 795 g/mol. The average Bonchev–Trinajstić information content (AvgIpc) is 3.32. The number of rotatable bonds is 6. The molecule has 0 bridgehead atoms. The number of hydrogen-bond acceptors (Lipinski definition) is 2. The summed E-state index contributed by atoms with van der Waals surface area (Å²) in [5.41, 5.74) is 11.8. The molecule has 2 heterocycles. The van der Waals surface area contributed by atoms with Gasteiger partial charge in [-0.2, -0.15) is 0 Å². The maximum absolute atomic E-state index is 9.05. The van der Waals surface area contributed by atoms with Crippen molar-refractivity contribution in [3.05, 3.63) is 210 Å². The Hall–Kier alpha value is -5.74. The first kappa shape index (κ1) is 31.2. The lowest BCUT2D eigenvalue weighted by Crippen LogP contribution is -2.58. The van der Waals surface area contributed by atoms with Crippen molar-refractivity contribution in [2.75, 3.05) is 0 Å². The molecule has 0 amide bonds. The van der Waals surface area contributed by atoms with Gasteiger partial charge in [-0.05, 0) is 95.8 Å². The Labute approximate surface area is 363 Å². The summed E-state index contributed by atoms with van der Waals surface area (Å²) in [6.07, 6.45) is 0. The van der Waals surface area contributed by atoms with Crippen molar-refractivity contribution < 1.29 is 6.85 Å². The lowest BCUT2D eigenvalue weighted by Gasteiger charge is -2.36. The zero-order valence-electron chi connectivity index (χ0n) is 38.4. The predicted molar refractivity (Wildman–Crippen MR) is 255 cm³/mol. The Morgan fingerprint density at radius 3 is 1.25 bits per heavy atom. The molecule has 0 radical (unpaired) electrons. The SMILES string of the molecule is [2H]c1c([2H])c([2H])c(-c2c3ccccc3c(-c3cc4c5c(c3)Sc3ccc(C(C)(C)c6ccccc6)cc3B5c3cc(C(C)(C)c5ccccc5)ccc3S4)c3ccccc23)c([2H])c1[2H]. The first-order valence-corrected chi connectivity index (χ1v) is 21.9. The van der Waals surface area contributed by atoms with Gasteiger partial charge in [-0.1, -0.05) is 226 Å². The van der Waals surface area contributed by atoms with E-state index in [-0.39, 0.29) is 47.3 Å². The van der Waals surface area contributed by atoms with E-state index < -0.39 is 6.04 Å². The van der Waals surface area contributed by atoms with Crippen molar-refractivity contribution in [2.24, 2.45) is 0 Å². The molecule has 2 aliphatic rings. The summed E-state index contributed by atoms with van der Waals surface area (Å²) in [5.74, 6) is 0. The largest absolute Gasteiger partial charge is 0.247 e. The summed E-state index contributed by atoms with van der Waals surface area (Å²) in [4.78, 5) is 4.97. The Morgan fingerprint density at radius 1 is 0.407 bits per heavy atom. The highest BCUT2D eigenvalue weighted by Gasteiger charge is 2.40. The minimum absolute atomic E-state index is 0.0181. The molecule has 9 aromatic rings. The van der Waals surface area contributed by atoms with E-state index in [9.17, 15) is 0 Å². The molecule has 0 fully saturated rings. The van der Waals surface area contributed by atoms with Crippen LogP contribution in [0.25, 0.3) is 43.8 Å². The second-order valence-electron chi connectivity index (χ2n) is 16.9. The molecule has 59 heavy (non-hydrogen) atoms. The molecule has 0 aromatic heterocycles. The smallest absolute Gasteiger partial charge is 0.0911 e. The molecule has 0 saturated heterocycles. The Morgan fingerprint density at radius 2 is 0.814 bits per heavy atom. The number of benzene rings is 9. The minimum Gasteiger partial charge on any atom is -0.0911 e. The van der Waals surface area contributed by atoms with Gasteiger partial charge in [0.05, 0.1) is 6.85 Å². The average molecular weight is 796 g/mol. The Kier molecular flexibility index (Phi) is 7.38. The molecular weight excluding hydrogens is 748 g/mol. The zero-order chi connectivity index (χ0) is 44.2. The van der Waals surface area contributed by atoms with Gasteiger partial charge in [-0.15, -0.1) is 0 Å². The van der Waals surface area contributed by atoms with Crippen LogP contribution in [0.5, 0.6) is 0 Å². The summed E-state index contributed by atoms with van der Waals surface area (Å²) in [5, 5.41) is 3.62. The van der Waals surface area contributed by atoms with E-state index in [0.717, 1.165) is 32.7 Å². The highest BCUT2D eigenvalue weighted by atomic mass is 32.2. The molecule has 0 nitrogen and oxygen atoms in total. The first-order chi connectivity index (χ1) is 30.8. The first-order valence-electron chi connectivity index (χ1n) is 22.8. The fourth-order valence-corrected chi connectivity index (χ4v) is 12.0. The van der Waals surface area contributed by atoms with Crippen LogP contribution in [0, 0.1) is 0 Å². The topological polar surface area (TPSA) is 0 Å². The van der Waals surface area contributed by atoms with Gasteiger partial charge < -0.3 is 0 Å². The highest BCUT2D eigenvalue weighted by molar-refractivity contribution is 8.01. The van der Waals surface area contributed by atoms with Crippen LogP contribution in [0.4, 0.5) is 0 Å². The fourth-order valence-electron chi connectivity index (χ4n) is 9.55. The van der Waals surface area contributed by atoms with Crippen molar-refractivity contribution >= 4 is 68.2 Å². The van der Waals surface area contributed by atoms with Gasteiger partial charge in [-0.3, -0.25) is 0 Å². The van der Waals surface area contributed by atoms with E-state index in [0.29, 0.717) is 5.56 Å². The van der Waals surface area contributed by atoms with Gasteiger partial charge in [0.2, 0.25) is 6.71 Å². The second-order valence-corrected chi connectivity index (χ2v) is 19.0. The van der Waals surface area contributed by atoms with Crippen LogP contribution in [0.15, 0.2) is 208 Å². The number of hydrogen-bond donors (Lipinski definition) is 0. The van der Waals surface area contributed by atoms with Crippen molar-refractivity contribution in [2.45, 2.75) is 58.1 Å². The van der Waals surface area contributed by atoms with Crippen LogP contribution < -0.4 is 16.4 Å². The van der Waals surface area contributed by atoms with Gasteiger partial charge in [0.15, 0.2) is 0 Å². The lowest BCUT2D eigenvalue weighted by atomic mass is 9.36. The van der Waals surface area contributed by atoms with E-state index >= 15 is 0 Å². The summed E-state index contributed by atoms with van der Waals surface area (Å²) in [6, 6.07) is 55.5. The molecular formula is C56H43BS2. The summed E-state index contributed by atoms with van der Waals surface area (Å²) in [6.45, 7) is 9.33. The molecule has 0 spiro atoms. The van der Waals surface area contributed by atoms with Gasteiger partial charge in [0, 0.05) is 30.4 Å². The molecule has 0 atom stereocenters. The van der Waals surface area contributed by atoms with Crippen LogP contribution in [0.1, 0.15) is 56.8 Å². The zero-order valence-corrected chi connectivity index (χ0v) is 35.0. The third kappa shape index (κ3) is 5.85. The van der Waals surface area contributed by atoms with E-state index in [1.54, 1.807) is 0 Å². The molecule has 2 aliphatic heterocycles. The maximum Gasteiger partial charge on any atom is 0.247 e. The third-order valence-corrected chi connectivity index (χ3v) is 15.2. The molecule has 0 saturated carbocycles. The third-order valence-electron chi connectivity index (χ3n) is 12.9. The molecule has 0 aliphatic carbocycles. The van der Waals surface area contributed by atoms with Crippen LogP contribution in [0.2, 0.25) is 0 Å². The molecule has 0 unspecified atom stereocenters. The molecule has 9 aromatic carbocycles. The second kappa shape index (κ2) is 13.9. The van der Waals surface area contributed by atoms with E-state index in [1.165, 1.54) is 58.2 Å². The summed E-state index contributed by atoms with van der Waals surface area (Å²) in [7, 11) is 0. The lowest BCUT2D eigenvalue weighted by molar-refractivity contribution is 0.640. The van der Waals surface area contributed by atoms with Crippen LogP contribution in [-0.2, 0) is 10.8 Å². The normalized spacial score (nSPS) is 14.4. The molecule has 11 rings (SSSR count). The van der Waals surface area contributed by atoms with E-state index in [1.807, 2.05) is 59.9 Å². The highest BCUT2D eigenvalue weighted by Crippen LogP contribution is 2.48. The van der Waals surface area contributed by atoms with E-state index in [4.69, 9.17) is 6.85 Å². The Balaban J connectivity index is 1.15. The van der Waals surface area contributed by atoms with Crippen molar-refractivity contribution in [3.63, 3.8) is 0 Å². The molecule has 3 heteroatoms. The fraction of sp³-hybridized carbons (Fsp3) is 0.107. The maximum atomic E-state index is 9.05. The molecule has 282 valence electrons. The molecule has 0 N–H and O–H groups in total. The minimum atomic E-state index is -0.393. The summed E-state index contributed by atoms with van der Waals surface area (Å²) < 4.78 is 43.6. The van der Waals surface area contributed by atoms with Crippen molar-refractivity contribution in [1.82, 2.24) is 0 Å². The van der Waals surface area contributed by atoms with Crippen LogP contribution in [0.3, 0.4) is 0 Å². The van der Waals surface area contributed by atoms with Gasteiger partial charge in [0.1, 0.15) is 0 Å². The predicted octanol–water partition coefficient (Wildman–Crippen LogP) is 13.4. The van der Waals surface area contributed by atoms with Crippen molar-refractivity contribution in [1.29, 1.82) is 0 Å². The van der Waals surface area contributed by atoms with Gasteiger partial charge in [0.25, 0.3) is 0 Å². The van der Waals surface area contributed by atoms with E-state index in [2.05, 4.69) is 149 Å². The standard InChI is InChI=1S/C56H43BS2/c1-55(2,38-20-10-6-11-21-38)40-28-30-48-46(34-40)57-47-35-41(56(3,4)39-22-12-7-13-23-39)29-31-49(47)59-51-33-37(32-50(58-48)54(51)57)53-44-26-16-14-24-42(44)52(36-18-8-5-9-19-36)43-25-15-17-27-45(43)53/h5-35H,1-4H3/i5D,8D,9D,18D,19D. The van der Waals surface area contributed by atoms with Crippen LogP contribution >= 0.6 is 23.5 Å². The van der Waals surface area contributed by atoms with Crippen LogP contribution in [-0.4, -0.2) is 6.71 Å². The van der Waals surface area contributed by atoms with Gasteiger partial charge >= 0.3 is 0 Å². The number of fused-ring (bicyclic) bond motifs is 6. The summed E-state index contributed by atoms with van der Waals surface area (Å²) >= 11 is 3.70. The Bertz CT molecular complexity index is 3190.